The van der Waals surface area contributed by atoms with Crippen LogP contribution in [-0.2, 0) is 5.41 Å². The number of rotatable bonds is 6. The molecule has 2 heterocycles. The maximum Gasteiger partial charge on any atom is 0.178 e. The van der Waals surface area contributed by atoms with Gasteiger partial charge in [0.05, 0.1) is 0 Å². The lowest BCUT2D eigenvalue weighted by molar-refractivity contribution is 0.361. The van der Waals surface area contributed by atoms with Crippen LogP contribution in [0.2, 0.25) is 0 Å². The van der Waals surface area contributed by atoms with Gasteiger partial charge >= 0.3 is 0 Å². The molecule has 0 N–H and O–H groups in total. The Morgan fingerprint density at radius 2 is 0.763 bits per heavy atom. The highest BCUT2D eigenvalue weighted by atomic mass is 16.6. The molecule has 0 bridgehead atoms. The molecule has 1 aliphatic heterocycles. The van der Waals surface area contributed by atoms with E-state index in [1.54, 1.807) is 0 Å². The molecule has 9 aromatic rings. The number of aromatic nitrogens is 3. The second-order valence-corrected chi connectivity index (χ2v) is 15.6. The summed E-state index contributed by atoms with van der Waals surface area (Å²) in [5.74, 6) is 4.69. The molecule has 2 aliphatic rings. The molecule has 0 saturated carbocycles. The van der Waals surface area contributed by atoms with E-state index in [0.717, 1.165) is 67.1 Å². The van der Waals surface area contributed by atoms with Crippen molar-refractivity contribution in [3.8, 4) is 102 Å². The number of fused-ring (bicyclic) bond motifs is 6. The van der Waals surface area contributed by atoms with Crippen molar-refractivity contribution in [3.63, 3.8) is 0 Å². The fourth-order valence-corrected chi connectivity index (χ4v) is 8.52. The predicted octanol–water partition coefficient (Wildman–Crippen LogP) is 14.1. The lowest BCUT2D eigenvalue weighted by Gasteiger charge is -2.26. The van der Waals surface area contributed by atoms with E-state index in [1.165, 1.54) is 16.7 Å². The van der Waals surface area contributed by atoms with Gasteiger partial charge in [-0.2, -0.15) is 0 Å². The van der Waals surface area contributed by atoms with Crippen LogP contribution in [0.1, 0.15) is 25.0 Å². The van der Waals surface area contributed by atoms with E-state index >= 15 is 0 Å². The highest BCUT2D eigenvalue weighted by Gasteiger charge is 2.39. The lowest BCUT2D eigenvalue weighted by Crippen LogP contribution is -2.15. The van der Waals surface area contributed by atoms with Gasteiger partial charge in [0.1, 0.15) is 0 Å². The molecule has 8 aromatic carbocycles. The molecule has 5 heteroatoms. The number of hydrogen-bond acceptors (Lipinski definition) is 5. The van der Waals surface area contributed by atoms with Crippen molar-refractivity contribution in [2.45, 2.75) is 19.3 Å². The van der Waals surface area contributed by atoms with Crippen molar-refractivity contribution < 1.29 is 9.47 Å². The molecule has 11 rings (SSSR count). The van der Waals surface area contributed by atoms with Crippen molar-refractivity contribution in [1.82, 2.24) is 15.0 Å². The van der Waals surface area contributed by atoms with Crippen molar-refractivity contribution in [2.75, 3.05) is 0 Å². The average Bonchev–Trinajstić information content (AvgIpc) is 3.54. The van der Waals surface area contributed by atoms with Crippen LogP contribution in [-0.4, -0.2) is 15.0 Å². The smallest absolute Gasteiger partial charge is 0.178 e. The molecule has 0 fully saturated rings. The van der Waals surface area contributed by atoms with Crippen molar-refractivity contribution in [1.29, 1.82) is 0 Å². The summed E-state index contributed by atoms with van der Waals surface area (Å²) >= 11 is 0. The topological polar surface area (TPSA) is 57.1 Å². The van der Waals surface area contributed by atoms with E-state index in [0.29, 0.717) is 29.0 Å². The molecule has 280 valence electrons. The van der Waals surface area contributed by atoms with Gasteiger partial charge in [-0.15, -0.1) is 0 Å². The highest BCUT2D eigenvalue weighted by Crippen LogP contribution is 2.59. The minimum Gasteiger partial charge on any atom is -0.449 e. The lowest BCUT2D eigenvalue weighted by atomic mass is 9.82. The third-order valence-corrected chi connectivity index (χ3v) is 11.7. The Bertz CT molecular complexity index is 2930. The summed E-state index contributed by atoms with van der Waals surface area (Å²) in [6.45, 7) is 4.55. The van der Waals surface area contributed by atoms with Gasteiger partial charge in [0.25, 0.3) is 0 Å². The average molecular weight is 760 g/mol. The number of nitrogens with zero attached hydrogens (tertiary/aromatic N) is 3. The first-order valence-electron chi connectivity index (χ1n) is 19.9. The first-order chi connectivity index (χ1) is 29.0. The van der Waals surface area contributed by atoms with Crippen LogP contribution in [0.3, 0.4) is 0 Å². The Balaban J connectivity index is 0.961. The summed E-state index contributed by atoms with van der Waals surface area (Å²) < 4.78 is 13.5. The number of para-hydroxylation sites is 1. The van der Waals surface area contributed by atoms with Gasteiger partial charge in [0.2, 0.25) is 0 Å². The summed E-state index contributed by atoms with van der Waals surface area (Å²) in [4.78, 5) is 15.2. The first kappa shape index (κ1) is 34.6. The predicted molar refractivity (Wildman–Crippen MR) is 237 cm³/mol. The van der Waals surface area contributed by atoms with Crippen LogP contribution in [0.5, 0.6) is 23.0 Å². The van der Waals surface area contributed by atoms with Crippen LogP contribution in [0.25, 0.3) is 78.7 Å². The van der Waals surface area contributed by atoms with Gasteiger partial charge in [0.15, 0.2) is 40.5 Å². The van der Waals surface area contributed by atoms with E-state index in [1.807, 2.05) is 30.3 Å². The normalized spacial score (nSPS) is 13.0. The molecule has 0 unspecified atom stereocenters. The molecule has 1 aromatic heterocycles. The number of benzene rings is 8. The molecule has 0 radical (unpaired) electrons. The highest BCUT2D eigenvalue weighted by molar-refractivity contribution is 5.89. The first-order valence-corrected chi connectivity index (χ1v) is 19.9. The maximum absolute atomic E-state index is 6.92. The van der Waals surface area contributed by atoms with Crippen molar-refractivity contribution >= 4 is 0 Å². The molecule has 59 heavy (non-hydrogen) atoms. The van der Waals surface area contributed by atoms with Gasteiger partial charge in [-0.25, -0.2) is 15.0 Å². The third kappa shape index (κ3) is 5.98. The van der Waals surface area contributed by atoms with Gasteiger partial charge in [-0.05, 0) is 56.6 Å². The van der Waals surface area contributed by atoms with Crippen LogP contribution < -0.4 is 9.47 Å². The summed E-state index contributed by atoms with van der Waals surface area (Å²) in [7, 11) is 0. The maximum atomic E-state index is 6.92. The van der Waals surface area contributed by atoms with Gasteiger partial charge in [0, 0.05) is 33.2 Å². The quantitative estimate of drug-likeness (QED) is 0.169. The van der Waals surface area contributed by atoms with Gasteiger partial charge in [-0.3, -0.25) is 0 Å². The second-order valence-electron chi connectivity index (χ2n) is 15.6. The summed E-state index contributed by atoms with van der Waals surface area (Å²) in [6.07, 6.45) is 0. The standard InChI is InChI=1S/C54H37N3O2/c1-54(2)44-18-10-9-16-43(44)48-45(54)32-33-47-50(48)59-49-42(17-11-19-46(49)58-47)38-24-30-41(31-25-38)53-56-51(39-26-20-36(21-27-39)34-12-5-3-6-13-34)55-52(57-53)40-28-22-37(23-29-40)35-14-7-4-8-15-35/h3-33H,1-2H3. The minimum atomic E-state index is -0.147. The fraction of sp³-hybridized carbons (Fsp3) is 0.0556. The Morgan fingerprint density at radius 3 is 1.32 bits per heavy atom. The minimum absolute atomic E-state index is 0.147. The Hall–Kier alpha value is -7.63. The summed E-state index contributed by atoms with van der Waals surface area (Å²) in [5, 5.41) is 0. The van der Waals surface area contributed by atoms with E-state index in [2.05, 4.69) is 172 Å². The van der Waals surface area contributed by atoms with Crippen molar-refractivity contribution in [3.05, 3.63) is 199 Å². The Kier molecular flexibility index (Phi) is 8.09. The van der Waals surface area contributed by atoms with Gasteiger partial charge in [-0.1, -0.05) is 190 Å². The summed E-state index contributed by atoms with van der Waals surface area (Å²) in [6, 6.07) is 64.8. The monoisotopic (exact) mass is 759 g/mol. The van der Waals surface area contributed by atoms with Gasteiger partial charge < -0.3 is 9.47 Å². The van der Waals surface area contributed by atoms with Crippen LogP contribution in [0.4, 0.5) is 0 Å². The van der Waals surface area contributed by atoms with Crippen molar-refractivity contribution in [2.24, 2.45) is 0 Å². The molecule has 1 aliphatic carbocycles. The van der Waals surface area contributed by atoms with E-state index in [4.69, 9.17) is 24.4 Å². The molecule has 0 atom stereocenters. The molecule has 0 spiro atoms. The summed E-state index contributed by atoms with van der Waals surface area (Å²) in [5.41, 5.74) is 13.9. The van der Waals surface area contributed by atoms with E-state index in [-0.39, 0.29) is 5.41 Å². The van der Waals surface area contributed by atoms with E-state index in [9.17, 15) is 0 Å². The molecule has 0 amide bonds. The Labute approximate surface area is 343 Å². The molecule has 5 nitrogen and oxygen atoms in total. The molecular weight excluding hydrogens is 723 g/mol. The fourth-order valence-electron chi connectivity index (χ4n) is 8.52. The Morgan fingerprint density at radius 1 is 0.322 bits per heavy atom. The number of hydrogen-bond donors (Lipinski definition) is 0. The molecule has 0 saturated heterocycles. The zero-order chi connectivity index (χ0) is 39.5. The van der Waals surface area contributed by atoms with E-state index < -0.39 is 0 Å². The largest absolute Gasteiger partial charge is 0.449 e. The third-order valence-electron chi connectivity index (χ3n) is 11.7. The molecular formula is C54H37N3O2. The van der Waals surface area contributed by atoms with Crippen LogP contribution >= 0.6 is 0 Å². The SMILES string of the molecule is CC1(C)c2ccccc2-c2c1ccc1c2Oc2c(cccc2-c2ccc(-c3nc(-c4ccc(-c5ccccc5)cc4)nc(-c4ccc(-c5ccccc5)cc4)n3)cc2)O1. The zero-order valence-electron chi connectivity index (χ0n) is 32.6. The van der Waals surface area contributed by atoms with Crippen LogP contribution in [0, 0.1) is 0 Å². The van der Waals surface area contributed by atoms with Crippen LogP contribution in [0.15, 0.2) is 188 Å². The zero-order valence-corrected chi connectivity index (χ0v) is 32.6. The second kappa shape index (κ2) is 13.8. The number of ether oxygens (including phenoxy) is 2.